The van der Waals surface area contributed by atoms with E-state index in [-0.39, 0.29) is 12.3 Å². The Morgan fingerprint density at radius 2 is 1.84 bits per heavy atom. The van der Waals surface area contributed by atoms with Gasteiger partial charge in [0.05, 0.1) is 26.2 Å². The smallest absolute Gasteiger partial charge is 0.304 e. The summed E-state index contributed by atoms with van der Waals surface area (Å²) in [6.07, 6.45) is 0.799. The highest BCUT2D eigenvalue weighted by Gasteiger charge is 2.41. The molecule has 0 saturated carbocycles. The largest absolute Gasteiger partial charge is 0.492 e. The molecular weight excluding hydrogens is 484 g/mol. The zero-order chi connectivity index (χ0) is 26.9. The molecule has 0 saturated heterocycles. The van der Waals surface area contributed by atoms with E-state index in [0.717, 1.165) is 34.4 Å². The molecule has 7 nitrogen and oxygen atoms in total. The number of ether oxygens (including phenoxy) is 5. The summed E-state index contributed by atoms with van der Waals surface area (Å²) in [4.78, 5) is 11.1. The Labute approximate surface area is 223 Å². The van der Waals surface area contributed by atoms with Gasteiger partial charge < -0.3 is 28.8 Å². The van der Waals surface area contributed by atoms with Crippen molar-refractivity contribution < 1.29 is 33.6 Å². The first kappa shape index (κ1) is 26.1. The maximum Gasteiger partial charge on any atom is 0.304 e. The van der Waals surface area contributed by atoms with Crippen LogP contribution in [-0.2, 0) is 27.3 Å². The van der Waals surface area contributed by atoms with E-state index in [1.807, 2.05) is 18.2 Å². The summed E-state index contributed by atoms with van der Waals surface area (Å²) in [5.41, 5.74) is 7.36. The molecule has 0 spiro atoms. The molecule has 1 N–H and O–H groups in total. The minimum atomic E-state index is -0.822. The molecule has 3 aromatic carbocycles. The number of benzene rings is 3. The molecule has 2 aliphatic rings. The zero-order valence-corrected chi connectivity index (χ0v) is 22.3. The van der Waals surface area contributed by atoms with Gasteiger partial charge in [-0.25, -0.2) is 0 Å². The number of aliphatic carboxylic acids is 1. The molecule has 0 aromatic heterocycles. The predicted octanol–water partition coefficient (Wildman–Crippen LogP) is 5.47. The SMILES string of the molecule is COCC1(COC)Cc2c(cc(C)c(-c3cccc(COc4ccc5c(c4)OC[C@H]5CC(=O)O)c3)c2C)O1. The van der Waals surface area contributed by atoms with Gasteiger partial charge in [0.2, 0.25) is 0 Å². The first-order chi connectivity index (χ1) is 18.3. The third-order valence-corrected chi connectivity index (χ3v) is 7.41. The summed E-state index contributed by atoms with van der Waals surface area (Å²) in [7, 11) is 3.37. The summed E-state index contributed by atoms with van der Waals surface area (Å²) in [5.74, 6) is 1.36. The summed E-state index contributed by atoms with van der Waals surface area (Å²) in [5, 5.41) is 9.12. The third kappa shape index (κ3) is 5.08. The van der Waals surface area contributed by atoms with Gasteiger partial charge in [0.1, 0.15) is 23.9 Å². The van der Waals surface area contributed by atoms with Crippen LogP contribution in [0.2, 0.25) is 0 Å². The van der Waals surface area contributed by atoms with Crippen molar-refractivity contribution in [2.45, 2.75) is 44.8 Å². The highest BCUT2D eigenvalue weighted by atomic mass is 16.6. The molecule has 7 heteroatoms. The van der Waals surface area contributed by atoms with Gasteiger partial charge in [-0.15, -0.1) is 0 Å². The van der Waals surface area contributed by atoms with Gasteiger partial charge in [0, 0.05) is 43.8 Å². The second-order valence-corrected chi connectivity index (χ2v) is 10.3. The van der Waals surface area contributed by atoms with Crippen molar-refractivity contribution in [2.75, 3.05) is 34.0 Å². The summed E-state index contributed by atoms with van der Waals surface area (Å²) < 4.78 is 29.1. The van der Waals surface area contributed by atoms with Crippen LogP contribution < -0.4 is 14.2 Å². The topological polar surface area (TPSA) is 83.5 Å². The highest BCUT2D eigenvalue weighted by Crippen LogP contribution is 2.43. The molecule has 0 fully saturated rings. The number of hydrogen-bond donors (Lipinski definition) is 1. The second kappa shape index (κ2) is 10.7. The summed E-state index contributed by atoms with van der Waals surface area (Å²) in [6, 6.07) is 16.2. The molecule has 2 heterocycles. The van der Waals surface area contributed by atoms with Gasteiger partial charge in [-0.2, -0.15) is 0 Å². The number of carboxylic acids is 1. The molecule has 0 bridgehead atoms. The number of hydrogen-bond acceptors (Lipinski definition) is 6. The van der Waals surface area contributed by atoms with Crippen molar-refractivity contribution in [1.82, 2.24) is 0 Å². The fourth-order valence-electron chi connectivity index (χ4n) is 5.77. The van der Waals surface area contributed by atoms with Crippen molar-refractivity contribution in [2.24, 2.45) is 0 Å². The monoisotopic (exact) mass is 518 g/mol. The van der Waals surface area contributed by atoms with E-state index in [1.165, 1.54) is 16.7 Å². The first-order valence-corrected chi connectivity index (χ1v) is 12.8. The van der Waals surface area contributed by atoms with Crippen LogP contribution in [0.25, 0.3) is 11.1 Å². The van der Waals surface area contributed by atoms with Crippen LogP contribution in [0, 0.1) is 13.8 Å². The minimum absolute atomic E-state index is 0.0629. The van der Waals surface area contributed by atoms with Crippen LogP contribution in [-0.4, -0.2) is 50.7 Å². The second-order valence-electron chi connectivity index (χ2n) is 10.3. The number of aryl methyl sites for hydroxylation is 1. The maximum atomic E-state index is 11.1. The lowest BCUT2D eigenvalue weighted by Gasteiger charge is -2.27. The molecule has 2 aliphatic heterocycles. The molecule has 200 valence electrons. The molecule has 1 atom stereocenters. The van der Waals surface area contributed by atoms with E-state index in [2.05, 4.69) is 44.2 Å². The van der Waals surface area contributed by atoms with Crippen LogP contribution in [0.3, 0.4) is 0 Å². The van der Waals surface area contributed by atoms with Crippen LogP contribution in [0.1, 0.15) is 40.2 Å². The Hall–Kier alpha value is -3.55. The van der Waals surface area contributed by atoms with E-state index in [9.17, 15) is 4.79 Å². The van der Waals surface area contributed by atoms with Crippen LogP contribution in [0.4, 0.5) is 0 Å². The number of carbonyl (C=O) groups is 1. The number of methoxy groups -OCH3 is 2. The van der Waals surface area contributed by atoms with E-state index in [1.54, 1.807) is 14.2 Å². The van der Waals surface area contributed by atoms with Crippen molar-refractivity contribution in [1.29, 1.82) is 0 Å². The predicted molar refractivity (Wildman–Crippen MR) is 143 cm³/mol. The fraction of sp³-hybridized carbons (Fsp3) is 0.387. The Kier molecular flexibility index (Phi) is 7.32. The maximum absolute atomic E-state index is 11.1. The van der Waals surface area contributed by atoms with E-state index in [4.69, 9.17) is 28.8 Å². The lowest BCUT2D eigenvalue weighted by molar-refractivity contribution is -0.137. The standard InChI is InChI=1S/C31H34O7/c1-19-10-28-26(14-31(38-28,17-34-3)18-35-4)20(2)30(19)22-7-5-6-21(11-22)15-36-24-8-9-25-23(12-29(32)33)16-37-27(25)13-24/h5-11,13,23H,12,14-18H2,1-4H3,(H,32,33)/t23-/m1/s1. The normalized spacial score (nSPS) is 16.9. The van der Waals surface area contributed by atoms with Crippen LogP contribution in [0.5, 0.6) is 17.2 Å². The quantitative estimate of drug-likeness (QED) is 0.381. The summed E-state index contributed by atoms with van der Waals surface area (Å²) >= 11 is 0. The molecule has 0 amide bonds. The van der Waals surface area contributed by atoms with E-state index in [0.29, 0.717) is 37.9 Å². The molecule has 0 unspecified atom stereocenters. The number of carboxylic acid groups (broad SMARTS) is 1. The molecule has 0 radical (unpaired) electrons. The van der Waals surface area contributed by atoms with Crippen LogP contribution in [0.15, 0.2) is 48.5 Å². The molecular formula is C31H34O7. The zero-order valence-electron chi connectivity index (χ0n) is 22.3. The van der Waals surface area contributed by atoms with Crippen molar-refractivity contribution in [3.63, 3.8) is 0 Å². The lowest BCUT2D eigenvalue weighted by Crippen LogP contribution is -2.44. The number of rotatable bonds is 10. The van der Waals surface area contributed by atoms with Crippen molar-refractivity contribution >= 4 is 5.97 Å². The molecule has 5 rings (SSSR count). The van der Waals surface area contributed by atoms with E-state index >= 15 is 0 Å². The van der Waals surface area contributed by atoms with Gasteiger partial charge in [-0.1, -0.05) is 24.3 Å². The highest BCUT2D eigenvalue weighted by molar-refractivity contribution is 5.75. The van der Waals surface area contributed by atoms with Crippen molar-refractivity contribution in [3.8, 4) is 28.4 Å². The fourth-order valence-corrected chi connectivity index (χ4v) is 5.77. The third-order valence-electron chi connectivity index (χ3n) is 7.41. The Morgan fingerprint density at radius 1 is 1.05 bits per heavy atom. The van der Waals surface area contributed by atoms with Gasteiger partial charge >= 0.3 is 5.97 Å². The van der Waals surface area contributed by atoms with Crippen LogP contribution >= 0.6 is 0 Å². The Balaban J connectivity index is 1.34. The Morgan fingerprint density at radius 3 is 2.58 bits per heavy atom. The Bertz CT molecular complexity index is 1340. The average molecular weight is 519 g/mol. The molecule has 38 heavy (non-hydrogen) atoms. The first-order valence-electron chi connectivity index (χ1n) is 12.8. The number of fused-ring (bicyclic) bond motifs is 2. The van der Waals surface area contributed by atoms with Gasteiger partial charge in [0.15, 0.2) is 5.60 Å². The van der Waals surface area contributed by atoms with E-state index < -0.39 is 11.6 Å². The molecule has 0 aliphatic carbocycles. The van der Waals surface area contributed by atoms with Gasteiger partial charge in [0.25, 0.3) is 0 Å². The average Bonchev–Trinajstić information content (AvgIpc) is 3.44. The molecule has 3 aromatic rings. The van der Waals surface area contributed by atoms with Crippen molar-refractivity contribution in [3.05, 3.63) is 76.3 Å². The van der Waals surface area contributed by atoms with Gasteiger partial charge in [-0.3, -0.25) is 4.79 Å². The minimum Gasteiger partial charge on any atom is -0.492 e. The lowest BCUT2D eigenvalue weighted by atomic mass is 9.88. The summed E-state index contributed by atoms with van der Waals surface area (Å²) in [6.45, 7) is 5.99. The van der Waals surface area contributed by atoms with Gasteiger partial charge in [-0.05, 0) is 59.9 Å².